The van der Waals surface area contributed by atoms with E-state index in [1.807, 2.05) is 75.3 Å². The maximum atomic E-state index is 13.8. The number of carbonyl (C=O) groups is 4. The summed E-state index contributed by atoms with van der Waals surface area (Å²) in [6, 6.07) is 14.3. The van der Waals surface area contributed by atoms with E-state index in [1.54, 1.807) is 17.3 Å². The molecule has 17 heteroatoms. The van der Waals surface area contributed by atoms with Crippen LogP contribution in [0.1, 0.15) is 94.3 Å². The number of pyridine rings is 1. The molecule has 4 amide bonds. The number of methoxy groups -OCH3 is 2. The number of ether oxygens (including phenoxy) is 3. The molecule has 3 aliphatic heterocycles. The molecule has 0 spiro atoms. The maximum Gasteiger partial charge on any atom is 0.407 e. The minimum Gasteiger partial charge on any atom is -0.480 e. The third-order valence-electron chi connectivity index (χ3n) is 12.9. The fourth-order valence-corrected chi connectivity index (χ4v) is 9.50. The highest BCUT2D eigenvalue weighted by Gasteiger charge is 2.39. The molecule has 0 aliphatic carbocycles. The zero-order valence-corrected chi connectivity index (χ0v) is 37.3. The summed E-state index contributed by atoms with van der Waals surface area (Å²) in [6.45, 7) is 8.71. The number of fused-ring (bicyclic) bond motifs is 5. The molecule has 17 nitrogen and oxygen atoms in total. The van der Waals surface area contributed by atoms with Crippen molar-refractivity contribution in [2.24, 2.45) is 11.8 Å². The van der Waals surface area contributed by atoms with E-state index in [-0.39, 0.29) is 35.7 Å². The number of amides is 4. The molecule has 0 radical (unpaired) electrons. The molecule has 6 aromatic rings. The number of alkyl carbamates (subject to hydrolysis) is 2. The van der Waals surface area contributed by atoms with Crippen molar-refractivity contribution in [3.8, 4) is 39.5 Å². The number of hydrogen-bond acceptors (Lipinski definition) is 10. The summed E-state index contributed by atoms with van der Waals surface area (Å²) < 4.78 is 16.6. The molecule has 0 bridgehead atoms. The molecule has 338 valence electrons. The molecule has 5 atom stereocenters. The van der Waals surface area contributed by atoms with Crippen LogP contribution in [0.25, 0.3) is 44.7 Å². The fraction of sp³-hybridized carbons (Fsp3) is 0.396. The Hall–Kier alpha value is -7.17. The number of aromatic nitrogens is 6. The zero-order valence-electron chi connectivity index (χ0n) is 37.3. The number of imidazole rings is 2. The Labute approximate surface area is 376 Å². The smallest absolute Gasteiger partial charge is 0.407 e. The first-order valence-corrected chi connectivity index (χ1v) is 22.2. The molecular weight excluding hydrogens is 829 g/mol. The third kappa shape index (κ3) is 8.15. The van der Waals surface area contributed by atoms with E-state index in [1.165, 1.54) is 14.2 Å². The quantitative estimate of drug-likeness (QED) is 0.0861. The van der Waals surface area contributed by atoms with Crippen molar-refractivity contribution in [2.45, 2.75) is 83.6 Å². The Kier molecular flexibility index (Phi) is 11.8. The zero-order chi connectivity index (χ0) is 45.5. The first-order valence-electron chi connectivity index (χ1n) is 22.2. The summed E-state index contributed by atoms with van der Waals surface area (Å²) in [6.07, 6.45) is 8.51. The lowest BCUT2D eigenvalue weighted by molar-refractivity contribution is -0.136. The van der Waals surface area contributed by atoms with Crippen molar-refractivity contribution in [3.05, 3.63) is 96.1 Å². The summed E-state index contributed by atoms with van der Waals surface area (Å²) >= 11 is 0. The van der Waals surface area contributed by atoms with Crippen LogP contribution in [0.5, 0.6) is 5.75 Å². The molecule has 2 saturated heterocycles. The lowest BCUT2D eigenvalue weighted by Crippen LogP contribution is -2.51. The lowest BCUT2D eigenvalue weighted by atomic mass is 9.92. The van der Waals surface area contributed by atoms with Gasteiger partial charge in [-0.2, -0.15) is 0 Å². The molecule has 5 N–H and O–H groups in total. The molecule has 0 saturated carbocycles. The number of aromatic amines is 3. The molecule has 3 aliphatic rings. The Bertz CT molecular complexity index is 2740. The fourth-order valence-electron chi connectivity index (χ4n) is 9.50. The number of likely N-dealkylation sites (tertiary alicyclic amines) is 2. The highest BCUT2D eigenvalue weighted by molar-refractivity contribution is 5.96. The van der Waals surface area contributed by atoms with Gasteiger partial charge in [0.1, 0.15) is 29.5 Å². The predicted octanol–water partition coefficient (Wildman–Crippen LogP) is 7.58. The van der Waals surface area contributed by atoms with E-state index in [4.69, 9.17) is 24.2 Å². The van der Waals surface area contributed by atoms with Gasteiger partial charge < -0.3 is 49.6 Å². The largest absolute Gasteiger partial charge is 0.480 e. The molecule has 7 heterocycles. The van der Waals surface area contributed by atoms with Crippen molar-refractivity contribution in [1.29, 1.82) is 0 Å². The average molecular weight is 883 g/mol. The first kappa shape index (κ1) is 43.1. The average Bonchev–Trinajstić information content (AvgIpc) is 4.18. The number of nitrogens with one attached hydrogen (secondary N) is 5. The van der Waals surface area contributed by atoms with Crippen molar-refractivity contribution in [2.75, 3.05) is 27.3 Å². The predicted molar refractivity (Wildman–Crippen MR) is 241 cm³/mol. The van der Waals surface area contributed by atoms with Gasteiger partial charge in [-0.15, -0.1) is 0 Å². The van der Waals surface area contributed by atoms with Crippen molar-refractivity contribution in [1.82, 2.24) is 50.3 Å². The highest BCUT2D eigenvalue weighted by atomic mass is 16.5. The Morgan fingerprint density at radius 3 is 1.85 bits per heavy atom. The van der Waals surface area contributed by atoms with E-state index in [0.717, 1.165) is 81.5 Å². The standard InChI is InChI=1S/C48H54N10O7/c1-25(2)39(55-47(61)63-5)45(59)57-18-8-11-35(57)43-50-23-33(53-43)27-14-16-32-31(20-27)38-41(52-32)30-15-13-28(21-37(30)65-42(38)29-10-7-17-49-22-29)34-24-51-44(54-34)36-12-9-19-58(36)46(60)40(26(3)4)56-48(62)64-6/h7,10,13-17,20-26,35-36,39-40,42,52H,8-9,11-12,18-19H2,1-6H3,(H,50,53)(H,51,54)(H,55,61)(H,56,62)/t35-,36-,39?,40-,42?/m0/s1. The summed E-state index contributed by atoms with van der Waals surface area (Å²) in [5.41, 5.74) is 8.04. The van der Waals surface area contributed by atoms with Crippen LogP contribution in [-0.2, 0) is 19.1 Å². The van der Waals surface area contributed by atoms with Crippen LogP contribution in [0.3, 0.4) is 0 Å². The van der Waals surface area contributed by atoms with Crippen molar-refractivity contribution >= 4 is 34.9 Å². The van der Waals surface area contributed by atoms with E-state index < -0.39 is 30.4 Å². The number of nitrogens with zero attached hydrogens (tertiary/aromatic N) is 5. The number of carbonyl (C=O) groups excluding carboxylic acids is 4. The first-order chi connectivity index (χ1) is 31.4. The topological polar surface area (TPSA) is 213 Å². The van der Waals surface area contributed by atoms with Gasteiger partial charge in [0.2, 0.25) is 11.8 Å². The van der Waals surface area contributed by atoms with Crippen LogP contribution in [0.15, 0.2) is 73.3 Å². The van der Waals surface area contributed by atoms with Crippen LogP contribution >= 0.6 is 0 Å². The van der Waals surface area contributed by atoms with Crippen LogP contribution < -0.4 is 15.4 Å². The van der Waals surface area contributed by atoms with Crippen LogP contribution in [0.2, 0.25) is 0 Å². The van der Waals surface area contributed by atoms with Gasteiger partial charge >= 0.3 is 12.2 Å². The van der Waals surface area contributed by atoms with Gasteiger partial charge in [-0.25, -0.2) is 19.6 Å². The summed E-state index contributed by atoms with van der Waals surface area (Å²) in [5, 5.41) is 6.41. The van der Waals surface area contributed by atoms with E-state index in [2.05, 4.69) is 48.8 Å². The lowest BCUT2D eigenvalue weighted by Gasteiger charge is -2.30. The van der Waals surface area contributed by atoms with E-state index in [0.29, 0.717) is 30.5 Å². The molecule has 4 aromatic heterocycles. The SMILES string of the molecule is COC(=O)NC(C(=O)N1CCC[C@H]1c1ncc(-c2ccc3[nH]c4c(c3c2)C(c2cccnc2)Oc2cc(-c3cnc([C@@H]5CCCN5C(=O)[C@@H](NC(=O)OC)C(C)C)[nH]3)ccc2-4)[nH]1)C(C)C. The second-order valence-electron chi connectivity index (χ2n) is 17.6. The van der Waals surface area contributed by atoms with E-state index >= 15 is 0 Å². The van der Waals surface area contributed by atoms with Gasteiger partial charge in [-0.3, -0.25) is 14.6 Å². The van der Waals surface area contributed by atoms with Gasteiger partial charge in [0.15, 0.2) is 6.10 Å². The Balaban J connectivity index is 1.01. The number of benzene rings is 2. The molecule has 2 fully saturated rings. The molecule has 2 unspecified atom stereocenters. The number of H-pyrrole nitrogens is 3. The molecule has 2 aromatic carbocycles. The minimum absolute atomic E-state index is 0.136. The maximum absolute atomic E-state index is 13.8. The number of rotatable bonds is 11. The van der Waals surface area contributed by atoms with Gasteiger partial charge in [0, 0.05) is 64.2 Å². The summed E-state index contributed by atoms with van der Waals surface area (Å²) in [5.74, 6) is 1.46. The van der Waals surface area contributed by atoms with Crippen LogP contribution in [0.4, 0.5) is 9.59 Å². The highest BCUT2D eigenvalue weighted by Crippen LogP contribution is 2.49. The monoisotopic (exact) mass is 882 g/mol. The second kappa shape index (κ2) is 17.8. The van der Waals surface area contributed by atoms with Gasteiger partial charge in [0.25, 0.3) is 0 Å². The number of hydrogen-bond donors (Lipinski definition) is 5. The van der Waals surface area contributed by atoms with Gasteiger partial charge in [-0.05, 0) is 67.9 Å². The molecular formula is C48H54N10O7. The van der Waals surface area contributed by atoms with Crippen LogP contribution in [0, 0.1) is 11.8 Å². The third-order valence-corrected chi connectivity index (χ3v) is 12.9. The molecule has 65 heavy (non-hydrogen) atoms. The van der Waals surface area contributed by atoms with E-state index in [9.17, 15) is 19.2 Å². The Morgan fingerprint density at radius 1 is 0.738 bits per heavy atom. The van der Waals surface area contributed by atoms with Crippen molar-refractivity contribution in [3.63, 3.8) is 0 Å². The minimum atomic E-state index is -0.725. The second-order valence-corrected chi connectivity index (χ2v) is 17.6. The normalized spacial score (nSPS) is 18.9. The van der Waals surface area contributed by atoms with Gasteiger partial charge in [-0.1, -0.05) is 45.9 Å². The summed E-state index contributed by atoms with van der Waals surface area (Å²) in [7, 11) is 2.57. The van der Waals surface area contributed by atoms with Crippen LogP contribution in [-0.4, -0.2) is 103 Å². The van der Waals surface area contributed by atoms with Gasteiger partial charge in [0.05, 0.1) is 55.8 Å². The van der Waals surface area contributed by atoms with Crippen molar-refractivity contribution < 1.29 is 33.4 Å². The molecule has 9 rings (SSSR count). The Morgan fingerprint density at radius 2 is 1.31 bits per heavy atom. The summed E-state index contributed by atoms with van der Waals surface area (Å²) in [4.78, 5) is 80.1.